The van der Waals surface area contributed by atoms with E-state index < -0.39 is 17.6 Å². The maximum absolute atomic E-state index is 11.5. The number of hydrogen-bond donors (Lipinski definition) is 1. The predicted octanol–water partition coefficient (Wildman–Crippen LogP) is 0.869. The molecule has 0 aliphatic carbocycles. The molecule has 0 bridgehead atoms. The highest BCUT2D eigenvalue weighted by molar-refractivity contribution is 5.84. The van der Waals surface area contributed by atoms with Gasteiger partial charge >= 0.3 is 5.97 Å². The van der Waals surface area contributed by atoms with Crippen LogP contribution in [0.15, 0.2) is 0 Å². The van der Waals surface area contributed by atoms with Gasteiger partial charge in [-0.25, -0.2) is 4.79 Å². The van der Waals surface area contributed by atoms with Crippen LogP contribution in [0.3, 0.4) is 0 Å². The summed E-state index contributed by atoms with van der Waals surface area (Å²) >= 11 is 0. The van der Waals surface area contributed by atoms with E-state index in [4.69, 9.17) is 9.47 Å². The second kappa shape index (κ2) is 6.48. The molecule has 0 aromatic heterocycles. The Bertz CT molecular complexity index is 245. The molecule has 0 aliphatic rings. The Morgan fingerprint density at radius 3 is 2.31 bits per heavy atom. The second-order valence-corrected chi connectivity index (χ2v) is 4.46. The Kier molecular flexibility index (Phi) is 6.03. The lowest BCUT2D eigenvalue weighted by Crippen LogP contribution is -2.43. The van der Waals surface area contributed by atoms with Crippen LogP contribution < -0.4 is 5.32 Å². The Morgan fingerprint density at radius 1 is 1.31 bits per heavy atom. The first-order chi connectivity index (χ1) is 7.26. The minimum atomic E-state index is -0.660. The van der Waals surface area contributed by atoms with E-state index in [9.17, 15) is 9.59 Å². The summed E-state index contributed by atoms with van der Waals surface area (Å²) in [6, 6.07) is -0.660. The van der Waals surface area contributed by atoms with Gasteiger partial charge in [0.15, 0.2) is 0 Å². The molecule has 0 saturated carbocycles. The number of carbonyl (C=O) groups is 2. The van der Waals surface area contributed by atoms with Crippen molar-refractivity contribution < 1.29 is 19.1 Å². The molecule has 0 radical (unpaired) electrons. The van der Waals surface area contributed by atoms with Gasteiger partial charge in [0.1, 0.15) is 18.2 Å². The second-order valence-electron chi connectivity index (χ2n) is 4.46. The van der Waals surface area contributed by atoms with Crippen molar-refractivity contribution in [3.8, 4) is 0 Å². The quantitative estimate of drug-likeness (QED) is 0.713. The highest BCUT2D eigenvalue weighted by Gasteiger charge is 2.22. The van der Waals surface area contributed by atoms with Crippen molar-refractivity contribution in [3.63, 3.8) is 0 Å². The molecule has 0 unspecified atom stereocenters. The molecule has 0 aromatic rings. The molecule has 0 saturated heterocycles. The molecule has 0 rings (SSSR count). The first-order valence-electron chi connectivity index (χ1n) is 5.36. The summed E-state index contributed by atoms with van der Waals surface area (Å²) < 4.78 is 10.0. The zero-order valence-corrected chi connectivity index (χ0v) is 10.6. The van der Waals surface area contributed by atoms with Gasteiger partial charge in [0.2, 0.25) is 5.91 Å². The van der Waals surface area contributed by atoms with E-state index in [1.807, 2.05) is 0 Å². The van der Waals surface area contributed by atoms with Gasteiger partial charge in [-0.05, 0) is 34.6 Å². The fourth-order valence-electron chi connectivity index (χ4n) is 0.927. The number of rotatable bonds is 5. The first-order valence-corrected chi connectivity index (χ1v) is 5.36. The van der Waals surface area contributed by atoms with Gasteiger partial charge in [-0.3, -0.25) is 4.79 Å². The average Bonchev–Trinajstić information content (AvgIpc) is 2.11. The fourth-order valence-corrected chi connectivity index (χ4v) is 0.927. The van der Waals surface area contributed by atoms with Gasteiger partial charge in [-0.1, -0.05) is 0 Å². The monoisotopic (exact) mass is 231 g/mol. The van der Waals surface area contributed by atoms with Crippen LogP contribution in [-0.2, 0) is 19.1 Å². The topological polar surface area (TPSA) is 64.6 Å². The van der Waals surface area contributed by atoms with Crippen molar-refractivity contribution in [2.75, 3.05) is 13.2 Å². The summed E-state index contributed by atoms with van der Waals surface area (Å²) in [5.41, 5.74) is -0.546. The van der Waals surface area contributed by atoms with Crippen LogP contribution >= 0.6 is 0 Å². The minimum absolute atomic E-state index is 0.0381. The molecule has 1 atom stereocenters. The highest BCUT2D eigenvalue weighted by Crippen LogP contribution is 2.08. The van der Waals surface area contributed by atoms with E-state index in [0.717, 1.165) is 0 Å². The standard InChI is InChI=1S/C11H21NO4/c1-6-15-7-9(13)12-8(2)10(14)16-11(3,4)5/h8H,6-7H2,1-5H3,(H,12,13)/t8-/m1/s1. The van der Waals surface area contributed by atoms with E-state index in [1.54, 1.807) is 34.6 Å². The maximum Gasteiger partial charge on any atom is 0.328 e. The average molecular weight is 231 g/mol. The van der Waals surface area contributed by atoms with E-state index in [1.165, 1.54) is 0 Å². The summed E-state index contributed by atoms with van der Waals surface area (Å²) in [6.07, 6.45) is 0. The molecular weight excluding hydrogens is 210 g/mol. The largest absolute Gasteiger partial charge is 0.458 e. The Labute approximate surface area is 96.5 Å². The van der Waals surface area contributed by atoms with Crippen molar-refractivity contribution in [2.24, 2.45) is 0 Å². The molecule has 1 amide bonds. The smallest absolute Gasteiger partial charge is 0.328 e. The van der Waals surface area contributed by atoms with Crippen molar-refractivity contribution in [2.45, 2.75) is 46.3 Å². The molecule has 0 aromatic carbocycles. The van der Waals surface area contributed by atoms with Gasteiger partial charge in [0.25, 0.3) is 0 Å². The molecule has 0 fully saturated rings. The number of esters is 1. The zero-order chi connectivity index (χ0) is 12.8. The lowest BCUT2D eigenvalue weighted by atomic mass is 10.2. The van der Waals surface area contributed by atoms with Crippen LogP contribution in [0.2, 0.25) is 0 Å². The number of hydrogen-bond acceptors (Lipinski definition) is 4. The molecule has 0 aliphatic heterocycles. The molecule has 94 valence electrons. The van der Waals surface area contributed by atoms with Gasteiger partial charge in [-0.2, -0.15) is 0 Å². The van der Waals surface area contributed by atoms with Gasteiger partial charge in [0, 0.05) is 6.61 Å². The Hall–Kier alpha value is -1.10. The van der Waals surface area contributed by atoms with Crippen LogP contribution in [-0.4, -0.2) is 36.7 Å². The maximum atomic E-state index is 11.5. The third-order valence-electron chi connectivity index (χ3n) is 1.58. The van der Waals surface area contributed by atoms with E-state index >= 15 is 0 Å². The molecule has 0 spiro atoms. The third kappa shape index (κ3) is 7.23. The van der Waals surface area contributed by atoms with Crippen molar-refractivity contribution in [1.82, 2.24) is 5.32 Å². The summed E-state index contributed by atoms with van der Waals surface area (Å²) in [5, 5.41) is 2.50. The zero-order valence-electron chi connectivity index (χ0n) is 10.6. The first kappa shape index (κ1) is 14.9. The lowest BCUT2D eigenvalue weighted by molar-refractivity contribution is -0.158. The van der Waals surface area contributed by atoms with Crippen LogP contribution in [0.4, 0.5) is 0 Å². The molecule has 0 heterocycles. The van der Waals surface area contributed by atoms with Gasteiger partial charge in [-0.15, -0.1) is 0 Å². The number of amides is 1. The lowest BCUT2D eigenvalue weighted by Gasteiger charge is -2.22. The molecule has 5 nitrogen and oxygen atoms in total. The van der Waals surface area contributed by atoms with E-state index in [-0.39, 0.29) is 12.5 Å². The highest BCUT2D eigenvalue weighted by atomic mass is 16.6. The molecular formula is C11H21NO4. The number of carbonyl (C=O) groups excluding carboxylic acids is 2. The third-order valence-corrected chi connectivity index (χ3v) is 1.58. The molecule has 16 heavy (non-hydrogen) atoms. The van der Waals surface area contributed by atoms with Crippen molar-refractivity contribution in [1.29, 1.82) is 0 Å². The normalized spacial score (nSPS) is 13.1. The molecule has 5 heteroatoms. The fraction of sp³-hybridized carbons (Fsp3) is 0.818. The molecule has 1 N–H and O–H groups in total. The van der Waals surface area contributed by atoms with Crippen LogP contribution in [0.5, 0.6) is 0 Å². The van der Waals surface area contributed by atoms with Crippen LogP contribution in [0.25, 0.3) is 0 Å². The van der Waals surface area contributed by atoms with Crippen molar-refractivity contribution in [3.05, 3.63) is 0 Å². The predicted molar refractivity (Wildman–Crippen MR) is 59.9 cm³/mol. The Balaban J connectivity index is 4.01. The summed E-state index contributed by atoms with van der Waals surface area (Å²) in [6.45, 7) is 9.14. The van der Waals surface area contributed by atoms with Crippen LogP contribution in [0.1, 0.15) is 34.6 Å². The number of nitrogens with one attached hydrogen (secondary N) is 1. The summed E-state index contributed by atoms with van der Waals surface area (Å²) in [4.78, 5) is 22.7. The van der Waals surface area contributed by atoms with E-state index in [0.29, 0.717) is 6.61 Å². The minimum Gasteiger partial charge on any atom is -0.458 e. The number of ether oxygens (including phenoxy) is 2. The summed E-state index contributed by atoms with van der Waals surface area (Å²) in [5.74, 6) is -0.766. The van der Waals surface area contributed by atoms with Gasteiger partial charge < -0.3 is 14.8 Å². The summed E-state index contributed by atoms with van der Waals surface area (Å²) in [7, 11) is 0. The van der Waals surface area contributed by atoms with Gasteiger partial charge in [0.05, 0.1) is 0 Å². The van der Waals surface area contributed by atoms with Crippen LogP contribution in [0, 0.1) is 0 Å². The Morgan fingerprint density at radius 2 is 1.88 bits per heavy atom. The SMILES string of the molecule is CCOCC(=O)N[C@H](C)C(=O)OC(C)(C)C. The van der Waals surface area contributed by atoms with Crippen molar-refractivity contribution >= 4 is 11.9 Å². The van der Waals surface area contributed by atoms with E-state index in [2.05, 4.69) is 5.32 Å².